The summed E-state index contributed by atoms with van der Waals surface area (Å²) in [7, 11) is 0. The minimum Gasteiger partial charge on any atom is -0.505 e. The number of halogens is 1. The molecule has 1 aromatic heterocycles. The number of carbonyl (C=O) groups excluding carboxylic acids is 1. The third-order valence-electron chi connectivity index (χ3n) is 5.46. The fraction of sp³-hybridized carbons (Fsp3) is 0.120. The average Bonchev–Trinajstić information content (AvgIpc) is 3.08. The van der Waals surface area contributed by atoms with E-state index in [-0.39, 0.29) is 22.7 Å². The van der Waals surface area contributed by atoms with Gasteiger partial charge in [-0.15, -0.1) is 10.2 Å². The molecular weight excluding hydrogens is 440 g/mol. The van der Waals surface area contributed by atoms with E-state index in [9.17, 15) is 14.7 Å². The maximum Gasteiger partial charge on any atom is 0.299 e. The van der Waals surface area contributed by atoms with E-state index in [4.69, 9.17) is 11.6 Å². The molecule has 0 aliphatic heterocycles. The molecule has 0 saturated heterocycles. The minimum absolute atomic E-state index is 0.122. The van der Waals surface area contributed by atoms with Crippen LogP contribution in [0.5, 0.6) is 5.75 Å². The molecule has 0 aliphatic rings. The summed E-state index contributed by atoms with van der Waals surface area (Å²) < 4.78 is 1.42. The normalized spacial score (nSPS) is 11.3. The topological polar surface area (TPSA) is 99.8 Å². The summed E-state index contributed by atoms with van der Waals surface area (Å²) in [5.41, 5.74) is 4.81. The summed E-state index contributed by atoms with van der Waals surface area (Å²) in [6.45, 7) is 5.72. The summed E-state index contributed by atoms with van der Waals surface area (Å²) in [5, 5.41) is 21.5. The average molecular weight is 461 g/mol. The number of hydrogen-bond donors (Lipinski definition) is 2. The fourth-order valence-electron chi connectivity index (χ4n) is 3.46. The van der Waals surface area contributed by atoms with Crippen molar-refractivity contribution in [2.45, 2.75) is 20.8 Å². The second-order valence-corrected chi connectivity index (χ2v) is 8.07. The number of H-pyrrole nitrogens is 1. The summed E-state index contributed by atoms with van der Waals surface area (Å²) >= 11 is 5.57. The van der Waals surface area contributed by atoms with Crippen molar-refractivity contribution in [2.75, 3.05) is 0 Å². The highest BCUT2D eigenvalue weighted by atomic mass is 35.5. The quantitative estimate of drug-likeness (QED) is 0.271. The number of aromatic nitrogens is 2. The molecular formula is C25H21ClN4O3. The van der Waals surface area contributed by atoms with E-state index in [2.05, 4.69) is 15.3 Å². The maximum absolute atomic E-state index is 13.0. The Morgan fingerprint density at radius 3 is 2.45 bits per heavy atom. The Balaban J connectivity index is 1.71. The molecule has 1 heterocycles. The lowest BCUT2D eigenvalue weighted by Crippen LogP contribution is -2.14. The molecule has 0 fully saturated rings. The minimum atomic E-state index is -0.588. The van der Waals surface area contributed by atoms with Gasteiger partial charge in [0.15, 0.2) is 11.4 Å². The first kappa shape index (κ1) is 22.2. The lowest BCUT2D eigenvalue weighted by atomic mass is 10.0. The van der Waals surface area contributed by atoms with Gasteiger partial charge in [-0.1, -0.05) is 36.4 Å². The zero-order valence-corrected chi connectivity index (χ0v) is 19.0. The summed E-state index contributed by atoms with van der Waals surface area (Å²) in [5.74, 6) is -0.122. The number of para-hydroxylation sites is 1. The number of aromatic amines is 1. The lowest BCUT2D eigenvalue weighted by Gasteiger charge is -2.07. The third-order valence-corrected chi connectivity index (χ3v) is 5.68. The molecule has 0 spiro atoms. The van der Waals surface area contributed by atoms with E-state index in [0.717, 1.165) is 11.1 Å². The van der Waals surface area contributed by atoms with Crippen LogP contribution in [0.25, 0.3) is 16.8 Å². The molecule has 0 aliphatic carbocycles. The third kappa shape index (κ3) is 4.36. The number of phenols is 1. The predicted molar refractivity (Wildman–Crippen MR) is 129 cm³/mol. The van der Waals surface area contributed by atoms with Crippen LogP contribution in [0.3, 0.4) is 0 Å². The Morgan fingerprint density at radius 1 is 0.970 bits per heavy atom. The molecule has 8 heteroatoms. The monoisotopic (exact) mass is 460 g/mol. The van der Waals surface area contributed by atoms with E-state index in [0.29, 0.717) is 28.1 Å². The van der Waals surface area contributed by atoms with Crippen molar-refractivity contribution in [1.29, 1.82) is 0 Å². The van der Waals surface area contributed by atoms with Crippen molar-refractivity contribution in [1.82, 2.24) is 9.78 Å². The van der Waals surface area contributed by atoms with Crippen LogP contribution < -0.4 is 5.56 Å². The van der Waals surface area contributed by atoms with Gasteiger partial charge < -0.3 is 5.11 Å². The lowest BCUT2D eigenvalue weighted by molar-refractivity contribution is 0.108. The maximum atomic E-state index is 13.0. The molecule has 0 atom stereocenters. The van der Waals surface area contributed by atoms with Gasteiger partial charge in [0.2, 0.25) is 0 Å². The zero-order chi connectivity index (χ0) is 23.7. The van der Waals surface area contributed by atoms with E-state index < -0.39 is 5.24 Å². The molecule has 0 saturated carbocycles. The van der Waals surface area contributed by atoms with E-state index in [1.165, 1.54) is 4.68 Å². The van der Waals surface area contributed by atoms with Crippen molar-refractivity contribution in [3.8, 4) is 22.6 Å². The molecule has 0 bridgehead atoms. The van der Waals surface area contributed by atoms with Crippen LogP contribution in [0.1, 0.15) is 27.2 Å². The van der Waals surface area contributed by atoms with Crippen molar-refractivity contribution in [2.24, 2.45) is 10.2 Å². The first-order valence-corrected chi connectivity index (χ1v) is 10.6. The predicted octanol–water partition coefficient (Wildman–Crippen LogP) is 6.26. The van der Waals surface area contributed by atoms with Crippen LogP contribution in [-0.4, -0.2) is 20.1 Å². The van der Waals surface area contributed by atoms with Crippen molar-refractivity contribution >= 4 is 28.2 Å². The Kier molecular flexibility index (Phi) is 5.98. The number of benzene rings is 3. The van der Waals surface area contributed by atoms with Gasteiger partial charge in [-0.3, -0.25) is 14.7 Å². The molecule has 0 unspecified atom stereocenters. The number of nitrogens with one attached hydrogen (secondary N) is 1. The van der Waals surface area contributed by atoms with Crippen LogP contribution in [-0.2, 0) is 0 Å². The number of rotatable bonds is 5. The Labute approximate surface area is 195 Å². The largest absolute Gasteiger partial charge is 0.505 e. The standard InChI is InChI=1S/C25H21ClN4O3/c1-14-10-11-19(12-15(14)2)30-25(33)22(16(3)29-30)28-27-21-9-5-8-20(23(21)31)17-6-4-7-18(13-17)24(26)32/h4-13,29,31H,1-3H3. The molecule has 0 amide bonds. The van der Waals surface area contributed by atoms with Crippen molar-refractivity contribution in [3.05, 3.63) is 93.4 Å². The molecule has 4 aromatic rings. The van der Waals surface area contributed by atoms with E-state index in [1.54, 1.807) is 49.4 Å². The highest BCUT2D eigenvalue weighted by Gasteiger charge is 2.14. The number of phenolic OH excluding ortho intramolecular Hbond substituents is 1. The van der Waals surface area contributed by atoms with Gasteiger partial charge in [-0.2, -0.15) is 0 Å². The first-order chi connectivity index (χ1) is 15.8. The molecule has 2 N–H and O–H groups in total. The van der Waals surface area contributed by atoms with Gasteiger partial charge in [0, 0.05) is 11.1 Å². The van der Waals surface area contributed by atoms with Gasteiger partial charge in [0.05, 0.1) is 11.4 Å². The Bertz CT molecular complexity index is 1470. The first-order valence-electron chi connectivity index (χ1n) is 10.2. The smallest absolute Gasteiger partial charge is 0.299 e. The van der Waals surface area contributed by atoms with Crippen LogP contribution in [0, 0.1) is 20.8 Å². The van der Waals surface area contributed by atoms with Crippen LogP contribution in [0.2, 0.25) is 0 Å². The highest BCUT2D eigenvalue weighted by Crippen LogP contribution is 2.38. The molecule has 166 valence electrons. The van der Waals surface area contributed by atoms with Crippen molar-refractivity contribution < 1.29 is 9.90 Å². The summed E-state index contributed by atoms with van der Waals surface area (Å²) in [6.07, 6.45) is 0. The van der Waals surface area contributed by atoms with Crippen LogP contribution in [0.4, 0.5) is 11.4 Å². The van der Waals surface area contributed by atoms with Crippen molar-refractivity contribution in [3.63, 3.8) is 0 Å². The summed E-state index contributed by atoms with van der Waals surface area (Å²) in [6, 6.07) is 17.3. The van der Waals surface area contributed by atoms with Crippen LogP contribution in [0.15, 0.2) is 75.7 Å². The number of azo groups is 1. The second kappa shape index (κ2) is 8.88. The molecule has 4 rings (SSSR count). The van der Waals surface area contributed by atoms with Crippen LogP contribution >= 0.6 is 11.6 Å². The van der Waals surface area contributed by atoms with Gasteiger partial charge >= 0.3 is 0 Å². The fourth-order valence-corrected chi connectivity index (χ4v) is 3.58. The SMILES string of the molecule is Cc1ccc(-n2[nH]c(C)c(N=Nc3cccc(-c4cccc(C(=O)Cl)c4)c3O)c2=O)cc1C. The number of carbonyl (C=O) groups is 1. The Hall–Kier alpha value is -3.97. The van der Waals surface area contributed by atoms with E-state index >= 15 is 0 Å². The molecule has 7 nitrogen and oxygen atoms in total. The number of aromatic hydroxyl groups is 1. The second-order valence-electron chi connectivity index (χ2n) is 7.72. The number of aryl methyl sites for hydroxylation is 3. The molecule has 3 aromatic carbocycles. The van der Waals surface area contributed by atoms with E-state index in [1.807, 2.05) is 32.0 Å². The summed E-state index contributed by atoms with van der Waals surface area (Å²) in [4.78, 5) is 24.4. The Morgan fingerprint density at radius 2 is 1.73 bits per heavy atom. The molecule has 33 heavy (non-hydrogen) atoms. The highest BCUT2D eigenvalue weighted by molar-refractivity contribution is 6.67. The zero-order valence-electron chi connectivity index (χ0n) is 18.3. The van der Waals surface area contributed by atoms with Gasteiger partial charge in [-0.05, 0) is 73.3 Å². The number of nitrogens with zero attached hydrogens (tertiary/aromatic N) is 3. The van der Waals surface area contributed by atoms with Gasteiger partial charge in [0.1, 0.15) is 5.69 Å². The van der Waals surface area contributed by atoms with Gasteiger partial charge in [-0.25, -0.2) is 4.68 Å². The van der Waals surface area contributed by atoms with Gasteiger partial charge in [0.25, 0.3) is 10.8 Å². The molecule has 0 radical (unpaired) electrons. The number of hydrogen-bond acceptors (Lipinski definition) is 5.